The number of aromatic nitrogens is 4. The molecule has 2 aromatic heterocycles. The van der Waals surface area contributed by atoms with Crippen molar-refractivity contribution in [2.45, 2.75) is 25.2 Å². The van der Waals surface area contributed by atoms with Crippen molar-refractivity contribution in [1.82, 2.24) is 24.1 Å². The topological polar surface area (TPSA) is 94.2 Å². The first-order valence-corrected chi connectivity index (χ1v) is 10.1. The van der Waals surface area contributed by atoms with Gasteiger partial charge in [0.25, 0.3) is 5.56 Å². The zero-order chi connectivity index (χ0) is 20.4. The lowest BCUT2D eigenvalue weighted by molar-refractivity contribution is -0.134. The van der Waals surface area contributed by atoms with Crippen LogP contribution in [-0.4, -0.2) is 83.1 Å². The summed E-state index contributed by atoms with van der Waals surface area (Å²) in [6, 6.07) is 0. The number of rotatable bonds is 4. The third-order valence-corrected chi connectivity index (χ3v) is 5.76. The molecule has 158 valence electrons. The first-order valence-electron chi connectivity index (χ1n) is 10.1. The highest BCUT2D eigenvalue weighted by molar-refractivity contribution is 5.77. The van der Waals surface area contributed by atoms with E-state index in [1.807, 2.05) is 4.90 Å². The lowest BCUT2D eigenvalue weighted by atomic mass is 10.00. The highest BCUT2D eigenvalue weighted by atomic mass is 16.5. The van der Waals surface area contributed by atoms with Crippen molar-refractivity contribution >= 4 is 17.4 Å². The summed E-state index contributed by atoms with van der Waals surface area (Å²) in [5.74, 6) is 1.66. The van der Waals surface area contributed by atoms with E-state index >= 15 is 0 Å². The van der Waals surface area contributed by atoms with E-state index in [0.29, 0.717) is 44.3 Å². The van der Waals surface area contributed by atoms with Crippen LogP contribution in [-0.2, 0) is 21.3 Å². The number of imidazole rings is 1. The second-order valence-corrected chi connectivity index (χ2v) is 7.62. The summed E-state index contributed by atoms with van der Waals surface area (Å²) >= 11 is 0. The summed E-state index contributed by atoms with van der Waals surface area (Å²) in [4.78, 5) is 33.5. The van der Waals surface area contributed by atoms with Crippen molar-refractivity contribution in [2.75, 3.05) is 58.0 Å². The van der Waals surface area contributed by atoms with Gasteiger partial charge in [-0.15, -0.1) is 5.10 Å². The molecule has 2 aromatic rings. The lowest BCUT2D eigenvalue weighted by Gasteiger charge is -2.25. The van der Waals surface area contributed by atoms with Crippen molar-refractivity contribution in [3.05, 3.63) is 22.4 Å². The molecule has 1 amide bonds. The first kappa shape index (κ1) is 19.8. The molecule has 4 rings (SSSR count). The minimum Gasteiger partial charge on any atom is -0.381 e. The van der Waals surface area contributed by atoms with Crippen LogP contribution in [0.25, 0.3) is 5.52 Å². The Bertz CT molecular complexity index is 933. The molecule has 29 heavy (non-hydrogen) atoms. The number of hydrogen-bond acceptors (Lipinski definition) is 7. The number of carbonyl (C=O) groups is 1. The third-order valence-electron chi connectivity index (χ3n) is 5.76. The van der Waals surface area contributed by atoms with Crippen molar-refractivity contribution in [3.8, 4) is 0 Å². The van der Waals surface area contributed by atoms with Gasteiger partial charge in [0.1, 0.15) is 12.4 Å². The molecule has 0 saturated carbocycles. The smallest absolute Gasteiger partial charge is 0.280 e. The Kier molecular flexibility index (Phi) is 5.81. The fourth-order valence-electron chi connectivity index (χ4n) is 4.12. The quantitative estimate of drug-likeness (QED) is 0.708. The summed E-state index contributed by atoms with van der Waals surface area (Å²) in [5, 5.41) is 4.82. The normalized spacial score (nSPS) is 19.0. The number of anilines is 1. The van der Waals surface area contributed by atoms with Gasteiger partial charge in [-0.05, 0) is 19.3 Å². The van der Waals surface area contributed by atoms with Gasteiger partial charge in [-0.2, -0.15) is 0 Å². The van der Waals surface area contributed by atoms with Crippen LogP contribution >= 0.6 is 0 Å². The van der Waals surface area contributed by atoms with Gasteiger partial charge in [0.15, 0.2) is 5.52 Å². The average molecular weight is 404 g/mol. The summed E-state index contributed by atoms with van der Waals surface area (Å²) in [7, 11) is 3.27. The molecule has 10 heteroatoms. The molecule has 2 saturated heterocycles. The van der Waals surface area contributed by atoms with E-state index in [9.17, 15) is 9.59 Å². The van der Waals surface area contributed by atoms with E-state index < -0.39 is 0 Å². The molecule has 0 aliphatic carbocycles. The maximum Gasteiger partial charge on any atom is 0.280 e. The van der Waals surface area contributed by atoms with Crippen LogP contribution in [0.4, 0.5) is 5.95 Å². The number of carbonyl (C=O) groups excluding carboxylic acids is 1. The van der Waals surface area contributed by atoms with Gasteiger partial charge >= 0.3 is 0 Å². The molecule has 4 heterocycles. The number of ether oxygens (including phenoxy) is 2. The summed E-state index contributed by atoms with van der Waals surface area (Å²) in [5.41, 5.74) is 0.377. The van der Waals surface area contributed by atoms with Gasteiger partial charge in [-0.1, -0.05) is 0 Å². The van der Waals surface area contributed by atoms with Crippen LogP contribution in [0.3, 0.4) is 0 Å². The predicted molar refractivity (Wildman–Crippen MR) is 106 cm³/mol. The van der Waals surface area contributed by atoms with Crippen molar-refractivity contribution in [2.24, 2.45) is 7.05 Å². The molecule has 2 fully saturated rings. The van der Waals surface area contributed by atoms with Gasteiger partial charge in [0, 0.05) is 59.5 Å². The molecular weight excluding hydrogens is 376 g/mol. The molecule has 0 spiro atoms. The second kappa shape index (κ2) is 8.50. The Morgan fingerprint density at radius 3 is 2.79 bits per heavy atom. The third kappa shape index (κ3) is 3.86. The first-order chi connectivity index (χ1) is 14.1. The maximum absolute atomic E-state index is 13.0. The van der Waals surface area contributed by atoms with Crippen LogP contribution in [0.1, 0.15) is 31.0 Å². The Labute approximate surface area is 169 Å². The van der Waals surface area contributed by atoms with E-state index in [2.05, 4.69) is 9.88 Å². The van der Waals surface area contributed by atoms with E-state index in [0.717, 1.165) is 31.6 Å². The molecule has 0 aromatic carbocycles. The molecular formula is C19H28N6O4. The number of hydrogen-bond donors (Lipinski definition) is 0. The van der Waals surface area contributed by atoms with Crippen molar-refractivity contribution in [3.63, 3.8) is 0 Å². The minimum atomic E-state index is -0.114. The van der Waals surface area contributed by atoms with E-state index in [4.69, 9.17) is 14.6 Å². The molecule has 0 atom stereocenters. The van der Waals surface area contributed by atoms with Crippen LogP contribution in [0.5, 0.6) is 0 Å². The largest absolute Gasteiger partial charge is 0.381 e. The SMILES string of the molecule is COCC(=O)N1CCCN(c2nn3c(C4CCOCC4)ncc3c(=O)n2C)CC1. The Morgan fingerprint density at radius 1 is 1.24 bits per heavy atom. The van der Waals surface area contributed by atoms with Gasteiger partial charge in [-0.3, -0.25) is 14.2 Å². The van der Waals surface area contributed by atoms with Crippen LogP contribution < -0.4 is 10.5 Å². The molecule has 0 N–H and O–H groups in total. The number of fused-ring (bicyclic) bond motifs is 1. The maximum atomic E-state index is 13.0. The predicted octanol–water partition coefficient (Wildman–Crippen LogP) is 0.00710. The van der Waals surface area contributed by atoms with Gasteiger partial charge in [0.05, 0.1) is 6.20 Å². The average Bonchev–Trinajstić information content (AvgIpc) is 3.00. The van der Waals surface area contributed by atoms with E-state index in [1.165, 1.54) is 7.11 Å². The minimum absolute atomic E-state index is 0.0111. The summed E-state index contributed by atoms with van der Waals surface area (Å²) < 4.78 is 13.7. The highest BCUT2D eigenvalue weighted by Gasteiger charge is 2.25. The van der Waals surface area contributed by atoms with Crippen molar-refractivity contribution < 1.29 is 14.3 Å². The molecule has 2 aliphatic heterocycles. The standard InChI is InChI=1S/C19H28N6O4/c1-22-18(27)15-12-20-17(14-4-10-29-11-5-14)25(15)21-19(22)24-7-3-6-23(8-9-24)16(26)13-28-2/h12,14H,3-11,13H2,1-2H3. The molecule has 2 aliphatic rings. The van der Waals surface area contributed by atoms with Gasteiger partial charge < -0.3 is 19.3 Å². The second-order valence-electron chi connectivity index (χ2n) is 7.62. The van der Waals surface area contributed by atoms with Gasteiger partial charge in [0.2, 0.25) is 11.9 Å². The molecule has 0 radical (unpaired) electrons. The molecule has 0 bridgehead atoms. The number of amides is 1. The lowest BCUT2D eigenvalue weighted by Crippen LogP contribution is -2.39. The molecule has 10 nitrogen and oxygen atoms in total. The zero-order valence-electron chi connectivity index (χ0n) is 17.0. The fourth-order valence-corrected chi connectivity index (χ4v) is 4.12. The number of nitrogens with zero attached hydrogens (tertiary/aromatic N) is 6. The van der Waals surface area contributed by atoms with Gasteiger partial charge in [-0.25, -0.2) is 9.50 Å². The molecule has 0 unspecified atom stereocenters. The fraction of sp³-hybridized carbons (Fsp3) is 0.684. The Hall–Kier alpha value is -2.46. The monoisotopic (exact) mass is 404 g/mol. The van der Waals surface area contributed by atoms with Crippen LogP contribution in [0.2, 0.25) is 0 Å². The number of methoxy groups -OCH3 is 1. The highest BCUT2D eigenvalue weighted by Crippen LogP contribution is 2.26. The van der Waals surface area contributed by atoms with E-state index in [1.54, 1.807) is 22.3 Å². The van der Waals surface area contributed by atoms with Crippen molar-refractivity contribution in [1.29, 1.82) is 0 Å². The Morgan fingerprint density at radius 2 is 2.03 bits per heavy atom. The Balaban J connectivity index is 1.64. The summed E-state index contributed by atoms with van der Waals surface area (Å²) in [6.07, 6.45) is 4.19. The van der Waals surface area contributed by atoms with Crippen LogP contribution in [0.15, 0.2) is 11.0 Å². The summed E-state index contributed by atoms with van der Waals surface area (Å²) in [6.45, 7) is 4.09. The zero-order valence-corrected chi connectivity index (χ0v) is 17.0. The van der Waals surface area contributed by atoms with E-state index in [-0.39, 0.29) is 24.0 Å². The van der Waals surface area contributed by atoms with Crippen LogP contribution in [0, 0.1) is 0 Å².